The number of rotatable bonds is 5. The zero-order chi connectivity index (χ0) is 18.7. The lowest BCUT2D eigenvalue weighted by Gasteiger charge is -2.31. The first-order chi connectivity index (χ1) is 12.5. The number of amides is 1. The average molecular weight is 359 g/mol. The third kappa shape index (κ3) is 4.09. The van der Waals surface area contributed by atoms with Gasteiger partial charge in [-0.1, -0.05) is 26.8 Å². The SMILES string of the molecule is CCN1CCCC(NC(=O)c2nc(C(C)C)n(-c3cccc(F)c3)n2)C1. The Labute approximate surface area is 153 Å². The van der Waals surface area contributed by atoms with E-state index in [1.54, 1.807) is 16.8 Å². The Kier molecular flexibility index (Phi) is 5.66. The van der Waals surface area contributed by atoms with Gasteiger partial charge in [-0.25, -0.2) is 14.1 Å². The van der Waals surface area contributed by atoms with Crippen molar-refractivity contribution in [2.45, 2.75) is 45.6 Å². The molecule has 1 amide bonds. The van der Waals surface area contributed by atoms with E-state index in [9.17, 15) is 9.18 Å². The van der Waals surface area contributed by atoms with Crippen LogP contribution in [-0.2, 0) is 0 Å². The van der Waals surface area contributed by atoms with Crippen molar-refractivity contribution in [2.75, 3.05) is 19.6 Å². The van der Waals surface area contributed by atoms with E-state index in [1.807, 2.05) is 13.8 Å². The van der Waals surface area contributed by atoms with Gasteiger partial charge in [0.05, 0.1) is 5.69 Å². The highest BCUT2D eigenvalue weighted by Crippen LogP contribution is 2.18. The number of hydrogen-bond donors (Lipinski definition) is 1. The first kappa shape index (κ1) is 18.5. The van der Waals surface area contributed by atoms with Crippen LogP contribution in [0.2, 0.25) is 0 Å². The van der Waals surface area contributed by atoms with Gasteiger partial charge in [-0.05, 0) is 44.1 Å². The topological polar surface area (TPSA) is 63.1 Å². The van der Waals surface area contributed by atoms with Crippen molar-refractivity contribution < 1.29 is 9.18 Å². The van der Waals surface area contributed by atoms with Crippen LogP contribution >= 0.6 is 0 Å². The number of likely N-dealkylation sites (tertiary alicyclic amines) is 1. The molecular formula is C19H26FN5O. The third-order valence-corrected chi connectivity index (χ3v) is 4.69. The van der Waals surface area contributed by atoms with Gasteiger partial charge in [0, 0.05) is 18.5 Å². The molecule has 0 spiro atoms. The molecule has 3 rings (SSSR count). The Morgan fingerprint density at radius 2 is 2.23 bits per heavy atom. The second-order valence-corrected chi connectivity index (χ2v) is 7.05. The fraction of sp³-hybridized carbons (Fsp3) is 0.526. The van der Waals surface area contributed by atoms with E-state index < -0.39 is 0 Å². The smallest absolute Gasteiger partial charge is 0.291 e. The molecule has 140 valence electrons. The Balaban J connectivity index is 1.82. The van der Waals surface area contributed by atoms with E-state index in [4.69, 9.17) is 0 Å². The van der Waals surface area contributed by atoms with Crippen molar-refractivity contribution in [3.63, 3.8) is 0 Å². The monoisotopic (exact) mass is 359 g/mol. The van der Waals surface area contributed by atoms with Crippen LogP contribution in [0.5, 0.6) is 0 Å². The molecule has 0 radical (unpaired) electrons. The van der Waals surface area contributed by atoms with Crippen LogP contribution in [0, 0.1) is 5.82 Å². The molecule has 0 aliphatic carbocycles. The molecule has 2 heterocycles. The van der Waals surface area contributed by atoms with Crippen molar-refractivity contribution in [1.82, 2.24) is 25.0 Å². The summed E-state index contributed by atoms with van der Waals surface area (Å²) in [5.74, 6) is 0.203. The van der Waals surface area contributed by atoms with Crippen molar-refractivity contribution in [2.24, 2.45) is 0 Å². The lowest BCUT2D eigenvalue weighted by molar-refractivity contribution is 0.0895. The van der Waals surface area contributed by atoms with E-state index in [0.29, 0.717) is 11.5 Å². The molecule has 6 nitrogen and oxygen atoms in total. The number of halogens is 1. The van der Waals surface area contributed by atoms with E-state index in [1.165, 1.54) is 12.1 Å². The van der Waals surface area contributed by atoms with Crippen molar-refractivity contribution >= 4 is 5.91 Å². The number of aromatic nitrogens is 3. The number of nitrogens with zero attached hydrogens (tertiary/aromatic N) is 4. The van der Waals surface area contributed by atoms with Crippen LogP contribution in [-0.4, -0.2) is 51.2 Å². The molecule has 0 bridgehead atoms. The Morgan fingerprint density at radius 1 is 1.42 bits per heavy atom. The lowest BCUT2D eigenvalue weighted by Crippen LogP contribution is -2.47. The molecule has 1 aliphatic heterocycles. The van der Waals surface area contributed by atoms with Crippen LogP contribution in [0.1, 0.15) is 56.0 Å². The molecule has 1 unspecified atom stereocenters. The zero-order valence-electron chi connectivity index (χ0n) is 15.6. The lowest BCUT2D eigenvalue weighted by atomic mass is 10.1. The van der Waals surface area contributed by atoms with Crippen LogP contribution in [0.25, 0.3) is 5.69 Å². The van der Waals surface area contributed by atoms with Gasteiger partial charge in [0.25, 0.3) is 5.91 Å². The Bertz CT molecular complexity index is 773. The van der Waals surface area contributed by atoms with Crippen LogP contribution in [0.15, 0.2) is 24.3 Å². The molecule has 7 heteroatoms. The third-order valence-electron chi connectivity index (χ3n) is 4.69. The number of nitrogens with one attached hydrogen (secondary N) is 1. The van der Waals surface area contributed by atoms with Crippen molar-refractivity contribution in [1.29, 1.82) is 0 Å². The maximum absolute atomic E-state index is 13.6. The van der Waals surface area contributed by atoms with E-state index in [-0.39, 0.29) is 29.5 Å². The van der Waals surface area contributed by atoms with Crippen LogP contribution < -0.4 is 5.32 Å². The number of hydrogen-bond acceptors (Lipinski definition) is 4. The standard InChI is InChI=1S/C19H26FN5O/c1-4-24-10-6-8-15(12-24)21-19(26)17-22-18(13(2)3)25(23-17)16-9-5-7-14(20)11-16/h5,7,9,11,13,15H,4,6,8,10,12H2,1-3H3,(H,21,26). The molecule has 1 atom stereocenters. The minimum Gasteiger partial charge on any atom is -0.345 e. The minimum absolute atomic E-state index is 0.0533. The van der Waals surface area contributed by atoms with Crippen molar-refractivity contribution in [3.8, 4) is 5.69 Å². The number of carbonyl (C=O) groups excluding carboxylic acids is 1. The van der Waals surface area contributed by atoms with Gasteiger partial charge in [0.1, 0.15) is 11.6 Å². The first-order valence-corrected chi connectivity index (χ1v) is 9.24. The first-order valence-electron chi connectivity index (χ1n) is 9.24. The number of piperidine rings is 1. The number of likely N-dealkylation sites (N-methyl/N-ethyl adjacent to an activating group) is 1. The summed E-state index contributed by atoms with van der Waals surface area (Å²) >= 11 is 0. The minimum atomic E-state index is -0.347. The molecule has 26 heavy (non-hydrogen) atoms. The predicted molar refractivity (Wildman–Crippen MR) is 98.0 cm³/mol. The largest absolute Gasteiger partial charge is 0.345 e. The fourth-order valence-electron chi connectivity index (χ4n) is 3.30. The van der Waals surface area contributed by atoms with Crippen LogP contribution in [0.4, 0.5) is 4.39 Å². The zero-order valence-corrected chi connectivity index (χ0v) is 15.6. The van der Waals surface area contributed by atoms with Gasteiger partial charge in [-0.3, -0.25) is 4.79 Å². The summed E-state index contributed by atoms with van der Waals surface area (Å²) in [6.07, 6.45) is 2.03. The van der Waals surface area contributed by atoms with E-state index in [2.05, 4.69) is 27.2 Å². The highest BCUT2D eigenvalue weighted by Gasteiger charge is 2.24. The van der Waals surface area contributed by atoms with Gasteiger partial charge in [-0.15, -0.1) is 5.10 Å². The molecular weight excluding hydrogens is 333 g/mol. The van der Waals surface area contributed by atoms with Crippen molar-refractivity contribution in [3.05, 3.63) is 41.7 Å². The highest BCUT2D eigenvalue weighted by molar-refractivity contribution is 5.90. The summed E-state index contributed by atoms with van der Waals surface area (Å²) in [5, 5.41) is 7.41. The summed E-state index contributed by atoms with van der Waals surface area (Å²) in [6.45, 7) is 8.98. The average Bonchev–Trinajstić information content (AvgIpc) is 3.08. The second-order valence-electron chi connectivity index (χ2n) is 7.05. The molecule has 1 N–H and O–H groups in total. The molecule has 1 saturated heterocycles. The number of benzene rings is 1. The summed E-state index contributed by atoms with van der Waals surface area (Å²) in [5.41, 5.74) is 0.565. The van der Waals surface area contributed by atoms with E-state index in [0.717, 1.165) is 32.5 Å². The highest BCUT2D eigenvalue weighted by atomic mass is 19.1. The quantitative estimate of drug-likeness (QED) is 0.892. The molecule has 1 fully saturated rings. The number of carbonyl (C=O) groups is 1. The molecule has 1 aliphatic rings. The predicted octanol–water partition coefficient (Wildman–Crippen LogP) is 2.74. The van der Waals surface area contributed by atoms with E-state index >= 15 is 0 Å². The maximum Gasteiger partial charge on any atom is 0.291 e. The van der Waals surface area contributed by atoms with Gasteiger partial charge in [0.15, 0.2) is 0 Å². The van der Waals surface area contributed by atoms with Gasteiger partial charge in [0.2, 0.25) is 5.82 Å². The molecule has 0 saturated carbocycles. The summed E-state index contributed by atoms with van der Waals surface area (Å²) < 4.78 is 15.1. The molecule has 1 aromatic carbocycles. The fourth-order valence-corrected chi connectivity index (χ4v) is 3.30. The van der Waals surface area contributed by atoms with Crippen LogP contribution in [0.3, 0.4) is 0 Å². The molecule has 2 aromatic rings. The molecule has 1 aromatic heterocycles. The Morgan fingerprint density at radius 3 is 2.92 bits per heavy atom. The summed E-state index contributed by atoms with van der Waals surface area (Å²) in [7, 11) is 0. The van der Waals surface area contributed by atoms with Gasteiger partial charge in [-0.2, -0.15) is 0 Å². The Hall–Kier alpha value is -2.28. The second kappa shape index (κ2) is 7.95. The summed E-state index contributed by atoms with van der Waals surface area (Å²) in [4.78, 5) is 19.4. The maximum atomic E-state index is 13.6. The summed E-state index contributed by atoms with van der Waals surface area (Å²) in [6, 6.07) is 6.26. The normalized spacial score (nSPS) is 18.3. The van der Waals surface area contributed by atoms with Gasteiger partial charge < -0.3 is 10.2 Å². The van der Waals surface area contributed by atoms with Gasteiger partial charge >= 0.3 is 0 Å².